The van der Waals surface area contributed by atoms with Crippen LogP contribution < -0.4 is 5.73 Å². The Hall–Kier alpha value is -0.580. The molecule has 0 aliphatic carbocycles. The van der Waals surface area contributed by atoms with Gasteiger partial charge in [-0.1, -0.05) is 12.1 Å². The average Bonchev–Trinajstić information content (AvgIpc) is 2.49. The monoisotopic (exact) mass is 298 g/mol. The van der Waals surface area contributed by atoms with Gasteiger partial charge in [0.15, 0.2) is 0 Å². The van der Waals surface area contributed by atoms with Gasteiger partial charge >= 0.3 is 0 Å². The third-order valence-corrected chi connectivity index (χ3v) is 4.01. The van der Waals surface area contributed by atoms with E-state index in [1.807, 2.05) is 12.1 Å². The van der Waals surface area contributed by atoms with Gasteiger partial charge in [-0.15, -0.1) is 0 Å². The first kappa shape index (κ1) is 12.9. The molecule has 1 unspecified atom stereocenters. The molecule has 0 spiro atoms. The molecule has 4 heteroatoms. The summed E-state index contributed by atoms with van der Waals surface area (Å²) < 4.78 is 6.67. The van der Waals surface area contributed by atoms with Crippen LogP contribution in [0.2, 0.25) is 0 Å². The number of hydrogen-bond donors (Lipinski definition) is 1. The van der Waals surface area contributed by atoms with Gasteiger partial charge in [0, 0.05) is 36.4 Å². The van der Waals surface area contributed by atoms with E-state index in [-0.39, 0.29) is 0 Å². The summed E-state index contributed by atoms with van der Waals surface area (Å²) in [6.07, 6.45) is 1.42. The predicted octanol–water partition coefficient (Wildman–Crippen LogP) is 2.64. The second-order valence-corrected chi connectivity index (χ2v) is 5.38. The molecular weight excluding hydrogens is 280 g/mol. The van der Waals surface area contributed by atoms with Crippen LogP contribution in [0.4, 0.5) is 5.69 Å². The molecule has 0 amide bonds. The number of halogens is 1. The Bertz CT molecular complexity index is 384. The van der Waals surface area contributed by atoms with Crippen LogP contribution in [0.25, 0.3) is 0 Å². The summed E-state index contributed by atoms with van der Waals surface area (Å²) >= 11 is 3.56. The van der Waals surface area contributed by atoms with Crippen molar-refractivity contribution in [2.24, 2.45) is 0 Å². The number of nitrogens with two attached hydrogens (primary N) is 1. The lowest BCUT2D eigenvalue weighted by atomic mass is 10.2. The van der Waals surface area contributed by atoms with Gasteiger partial charge < -0.3 is 10.5 Å². The highest BCUT2D eigenvalue weighted by atomic mass is 79.9. The molecule has 0 aromatic heterocycles. The number of rotatable bonds is 2. The van der Waals surface area contributed by atoms with Crippen LogP contribution in [0.1, 0.15) is 18.9 Å². The standard InChI is InChI=1S/C13H19BrN2O/c1-10-8-16(6-3-7-17-10)9-11-4-2-5-12(15)13(11)14/h2,4-5,10H,3,6-9,15H2,1H3. The van der Waals surface area contributed by atoms with Crippen molar-refractivity contribution >= 4 is 21.6 Å². The van der Waals surface area contributed by atoms with Crippen LogP contribution in [-0.2, 0) is 11.3 Å². The van der Waals surface area contributed by atoms with E-state index in [1.165, 1.54) is 5.56 Å². The first-order valence-electron chi connectivity index (χ1n) is 6.03. The molecule has 0 saturated carbocycles. The van der Waals surface area contributed by atoms with Crippen molar-refractivity contribution in [3.63, 3.8) is 0 Å². The molecular formula is C13H19BrN2O. The van der Waals surface area contributed by atoms with E-state index in [2.05, 4.69) is 33.8 Å². The fraction of sp³-hybridized carbons (Fsp3) is 0.538. The number of nitrogens with zero attached hydrogens (tertiary/aromatic N) is 1. The molecule has 2 N–H and O–H groups in total. The molecule has 1 atom stereocenters. The molecule has 0 bridgehead atoms. The number of benzene rings is 1. The van der Waals surface area contributed by atoms with Gasteiger partial charge in [-0.25, -0.2) is 0 Å². The quantitative estimate of drug-likeness (QED) is 0.853. The Labute approximate surface area is 111 Å². The third-order valence-electron chi connectivity index (χ3n) is 3.04. The second-order valence-electron chi connectivity index (χ2n) is 4.59. The lowest BCUT2D eigenvalue weighted by Crippen LogP contribution is -2.29. The van der Waals surface area contributed by atoms with E-state index in [9.17, 15) is 0 Å². The summed E-state index contributed by atoms with van der Waals surface area (Å²) in [7, 11) is 0. The predicted molar refractivity (Wildman–Crippen MR) is 73.9 cm³/mol. The fourth-order valence-corrected chi connectivity index (χ4v) is 2.58. The topological polar surface area (TPSA) is 38.5 Å². The Morgan fingerprint density at radius 3 is 3.18 bits per heavy atom. The Kier molecular flexibility index (Phi) is 4.42. The van der Waals surface area contributed by atoms with Crippen molar-refractivity contribution in [1.82, 2.24) is 4.90 Å². The van der Waals surface area contributed by atoms with E-state index in [0.29, 0.717) is 6.10 Å². The largest absolute Gasteiger partial charge is 0.398 e. The number of anilines is 1. The molecule has 0 radical (unpaired) electrons. The summed E-state index contributed by atoms with van der Waals surface area (Å²) in [4.78, 5) is 2.43. The molecule has 2 rings (SSSR count). The molecule has 94 valence electrons. The van der Waals surface area contributed by atoms with Gasteiger partial charge in [0.2, 0.25) is 0 Å². The normalized spacial score (nSPS) is 22.4. The minimum atomic E-state index is 0.317. The van der Waals surface area contributed by atoms with E-state index >= 15 is 0 Å². The minimum Gasteiger partial charge on any atom is -0.398 e. The molecule has 1 fully saturated rings. The minimum absolute atomic E-state index is 0.317. The van der Waals surface area contributed by atoms with Crippen LogP contribution in [-0.4, -0.2) is 30.7 Å². The summed E-state index contributed by atoms with van der Waals surface area (Å²) in [6.45, 7) is 6.01. The molecule has 17 heavy (non-hydrogen) atoms. The van der Waals surface area contributed by atoms with Crippen LogP contribution >= 0.6 is 15.9 Å². The van der Waals surface area contributed by atoms with Crippen LogP contribution in [0.3, 0.4) is 0 Å². The van der Waals surface area contributed by atoms with Gasteiger partial charge in [-0.2, -0.15) is 0 Å². The highest BCUT2D eigenvalue weighted by Crippen LogP contribution is 2.25. The summed E-state index contributed by atoms with van der Waals surface area (Å²) in [5.74, 6) is 0. The number of hydrogen-bond acceptors (Lipinski definition) is 3. The van der Waals surface area contributed by atoms with Crippen molar-refractivity contribution in [1.29, 1.82) is 0 Å². The van der Waals surface area contributed by atoms with Gasteiger partial charge in [-0.3, -0.25) is 4.90 Å². The fourth-order valence-electron chi connectivity index (χ4n) is 2.19. The average molecular weight is 299 g/mol. The summed E-state index contributed by atoms with van der Waals surface area (Å²) in [5.41, 5.74) is 7.95. The van der Waals surface area contributed by atoms with E-state index in [4.69, 9.17) is 10.5 Å². The third kappa shape index (κ3) is 3.44. The lowest BCUT2D eigenvalue weighted by molar-refractivity contribution is 0.0668. The zero-order chi connectivity index (χ0) is 12.3. The molecule has 1 aromatic carbocycles. The smallest absolute Gasteiger partial charge is 0.0674 e. The van der Waals surface area contributed by atoms with E-state index in [0.717, 1.165) is 42.8 Å². The highest BCUT2D eigenvalue weighted by molar-refractivity contribution is 9.10. The second kappa shape index (κ2) is 5.85. The van der Waals surface area contributed by atoms with Crippen molar-refractivity contribution in [2.75, 3.05) is 25.4 Å². The number of nitrogen functional groups attached to an aromatic ring is 1. The maximum atomic E-state index is 5.89. The molecule has 1 aliphatic heterocycles. The maximum absolute atomic E-state index is 5.89. The van der Waals surface area contributed by atoms with Crippen LogP contribution in [0.15, 0.2) is 22.7 Å². The van der Waals surface area contributed by atoms with Crippen molar-refractivity contribution in [3.05, 3.63) is 28.2 Å². The van der Waals surface area contributed by atoms with Crippen molar-refractivity contribution < 1.29 is 4.74 Å². The van der Waals surface area contributed by atoms with Crippen LogP contribution in [0, 0.1) is 0 Å². The zero-order valence-electron chi connectivity index (χ0n) is 10.2. The Morgan fingerprint density at radius 2 is 2.35 bits per heavy atom. The van der Waals surface area contributed by atoms with E-state index in [1.54, 1.807) is 0 Å². The first-order valence-corrected chi connectivity index (χ1v) is 6.83. The molecule has 1 saturated heterocycles. The molecule has 3 nitrogen and oxygen atoms in total. The Balaban J connectivity index is 2.06. The van der Waals surface area contributed by atoms with Gasteiger partial charge in [0.25, 0.3) is 0 Å². The number of ether oxygens (including phenoxy) is 1. The lowest BCUT2D eigenvalue weighted by Gasteiger charge is -2.22. The Morgan fingerprint density at radius 1 is 1.53 bits per heavy atom. The van der Waals surface area contributed by atoms with Gasteiger partial charge in [-0.05, 0) is 40.9 Å². The SMILES string of the molecule is CC1CN(Cc2cccc(N)c2Br)CCCO1. The molecule has 1 heterocycles. The van der Waals surface area contributed by atoms with Gasteiger partial charge in [0.05, 0.1) is 6.10 Å². The molecule has 1 aromatic rings. The van der Waals surface area contributed by atoms with Gasteiger partial charge in [0.1, 0.15) is 0 Å². The first-order chi connectivity index (χ1) is 8.16. The zero-order valence-corrected chi connectivity index (χ0v) is 11.7. The van der Waals surface area contributed by atoms with Crippen molar-refractivity contribution in [3.8, 4) is 0 Å². The molecule has 1 aliphatic rings. The highest BCUT2D eigenvalue weighted by Gasteiger charge is 2.16. The summed E-state index contributed by atoms with van der Waals surface area (Å²) in [5, 5.41) is 0. The van der Waals surface area contributed by atoms with E-state index < -0.39 is 0 Å². The van der Waals surface area contributed by atoms with Crippen LogP contribution in [0.5, 0.6) is 0 Å². The maximum Gasteiger partial charge on any atom is 0.0674 e. The van der Waals surface area contributed by atoms with Crippen molar-refractivity contribution in [2.45, 2.75) is 26.0 Å². The summed E-state index contributed by atoms with van der Waals surface area (Å²) in [6, 6.07) is 6.05.